The second-order valence-corrected chi connectivity index (χ2v) is 6.11. The van der Waals surface area contributed by atoms with Gasteiger partial charge in [-0.15, -0.1) is 0 Å². The number of pyridine rings is 1. The molecule has 2 nitrogen and oxygen atoms in total. The van der Waals surface area contributed by atoms with E-state index < -0.39 is 0 Å². The van der Waals surface area contributed by atoms with Crippen molar-refractivity contribution in [3.63, 3.8) is 0 Å². The third-order valence-electron chi connectivity index (χ3n) is 4.25. The van der Waals surface area contributed by atoms with Crippen LogP contribution < -0.4 is 4.90 Å². The minimum Gasteiger partial charge on any atom is -0.352 e. The number of fused-ring (bicyclic) bond motifs is 1. The van der Waals surface area contributed by atoms with Gasteiger partial charge in [-0.05, 0) is 59.7 Å². The molecule has 3 rings (SSSR count). The molecular formula is C14H19BrN2. The molecule has 0 bridgehead atoms. The summed E-state index contributed by atoms with van der Waals surface area (Å²) in [4.78, 5) is 7.13. The summed E-state index contributed by atoms with van der Waals surface area (Å²) < 4.78 is 1.14. The molecule has 2 atom stereocenters. The van der Waals surface area contributed by atoms with Gasteiger partial charge in [-0.25, -0.2) is 4.98 Å². The summed E-state index contributed by atoms with van der Waals surface area (Å²) in [5.74, 6) is 2.07. The molecule has 1 saturated heterocycles. The minimum absolute atomic E-state index is 0.740. The van der Waals surface area contributed by atoms with Crippen LogP contribution in [0.3, 0.4) is 0 Å². The molecule has 1 aromatic rings. The number of halogens is 1. The third-order valence-corrected chi connectivity index (χ3v) is 4.87. The second-order valence-electron chi connectivity index (χ2n) is 5.26. The number of hydrogen-bond acceptors (Lipinski definition) is 2. The molecule has 1 aliphatic carbocycles. The summed E-state index contributed by atoms with van der Waals surface area (Å²) >= 11 is 3.64. The first-order valence-corrected chi connectivity index (χ1v) is 7.53. The minimum atomic E-state index is 0.740. The normalized spacial score (nSPS) is 28.9. The Kier molecular flexibility index (Phi) is 3.37. The maximum absolute atomic E-state index is 4.57. The number of rotatable bonds is 1. The van der Waals surface area contributed by atoms with Crippen molar-refractivity contribution in [1.29, 1.82) is 0 Å². The summed E-state index contributed by atoms with van der Waals surface area (Å²) in [5, 5.41) is 0. The van der Waals surface area contributed by atoms with Crippen LogP contribution in [0.25, 0.3) is 0 Å². The van der Waals surface area contributed by atoms with Crippen molar-refractivity contribution in [2.75, 3.05) is 11.4 Å². The first kappa shape index (κ1) is 11.5. The lowest BCUT2D eigenvalue weighted by atomic mass is 9.78. The van der Waals surface area contributed by atoms with Crippen molar-refractivity contribution in [2.24, 2.45) is 5.92 Å². The third kappa shape index (κ3) is 2.22. The number of hydrogen-bond donors (Lipinski definition) is 0. The highest BCUT2D eigenvalue weighted by Crippen LogP contribution is 2.38. The predicted octanol–water partition coefficient (Wildman–Crippen LogP) is 4.00. The molecular weight excluding hydrogens is 276 g/mol. The number of piperidine rings is 1. The van der Waals surface area contributed by atoms with Crippen LogP contribution in [0.1, 0.15) is 38.5 Å². The Hall–Kier alpha value is -0.570. The molecule has 92 valence electrons. The predicted molar refractivity (Wildman–Crippen MR) is 74.3 cm³/mol. The fourth-order valence-corrected chi connectivity index (χ4v) is 3.96. The molecule has 0 unspecified atom stereocenters. The van der Waals surface area contributed by atoms with E-state index in [0.29, 0.717) is 0 Å². The van der Waals surface area contributed by atoms with Gasteiger partial charge < -0.3 is 4.90 Å². The maximum Gasteiger partial charge on any atom is 0.143 e. The van der Waals surface area contributed by atoms with Crippen LogP contribution in [0.5, 0.6) is 0 Å². The summed E-state index contributed by atoms with van der Waals surface area (Å²) in [5.41, 5.74) is 0. The molecule has 2 aliphatic rings. The van der Waals surface area contributed by atoms with Gasteiger partial charge >= 0.3 is 0 Å². The maximum atomic E-state index is 4.57. The quantitative estimate of drug-likeness (QED) is 0.778. The molecule has 2 fully saturated rings. The van der Waals surface area contributed by atoms with E-state index in [1.54, 1.807) is 0 Å². The highest BCUT2D eigenvalue weighted by Gasteiger charge is 2.34. The zero-order valence-corrected chi connectivity index (χ0v) is 11.7. The van der Waals surface area contributed by atoms with E-state index in [0.717, 1.165) is 22.3 Å². The highest BCUT2D eigenvalue weighted by molar-refractivity contribution is 9.10. The van der Waals surface area contributed by atoms with Crippen molar-refractivity contribution in [3.8, 4) is 0 Å². The van der Waals surface area contributed by atoms with Crippen molar-refractivity contribution in [1.82, 2.24) is 4.98 Å². The van der Waals surface area contributed by atoms with Crippen LogP contribution in [-0.4, -0.2) is 17.6 Å². The molecule has 1 aromatic heterocycles. The molecule has 0 radical (unpaired) electrons. The van der Waals surface area contributed by atoms with E-state index in [-0.39, 0.29) is 0 Å². The first-order valence-electron chi connectivity index (χ1n) is 6.73. The summed E-state index contributed by atoms with van der Waals surface area (Å²) in [6.45, 7) is 1.18. The standard InChI is InChI=1S/C14H19BrN2/c15-12-7-3-9-16-14(12)17-10-4-6-11-5-1-2-8-13(11)17/h3,7,9,11,13H,1-2,4-6,8,10H2/t11-,13-/m1/s1. The Morgan fingerprint density at radius 2 is 2.00 bits per heavy atom. The van der Waals surface area contributed by atoms with E-state index >= 15 is 0 Å². The van der Waals surface area contributed by atoms with Gasteiger partial charge in [0.05, 0.1) is 4.47 Å². The molecule has 2 heterocycles. The first-order chi connectivity index (χ1) is 8.36. The highest BCUT2D eigenvalue weighted by atomic mass is 79.9. The van der Waals surface area contributed by atoms with Crippen molar-refractivity contribution < 1.29 is 0 Å². The van der Waals surface area contributed by atoms with Gasteiger partial charge in [0.25, 0.3) is 0 Å². The van der Waals surface area contributed by atoms with Crippen molar-refractivity contribution in [3.05, 3.63) is 22.8 Å². The Labute approximate surface area is 112 Å². The molecule has 1 aliphatic heterocycles. The van der Waals surface area contributed by atoms with Gasteiger partial charge in [0.15, 0.2) is 0 Å². The monoisotopic (exact) mass is 294 g/mol. The lowest BCUT2D eigenvalue weighted by molar-refractivity contribution is 0.242. The molecule has 1 saturated carbocycles. The number of anilines is 1. The number of nitrogens with zero attached hydrogens (tertiary/aromatic N) is 2. The van der Waals surface area contributed by atoms with Crippen LogP contribution in [0.2, 0.25) is 0 Å². The van der Waals surface area contributed by atoms with E-state index in [4.69, 9.17) is 0 Å². The molecule has 3 heteroatoms. The van der Waals surface area contributed by atoms with E-state index in [1.165, 1.54) is 45.1 Å². The van der Waals surface area contributed by atoms with E-state index in [9.17, 15) is 0 Å². The van der Waals surface area contributed by atoms with Gasteiger partial charge in [-0.2, -0.15) is 0 Å². The van der Waals surface area contributed by atoms with Gasteiger partial charge in [0.2, 0.25) is 0 Å². The van der Waals surface area contributed by atoms with Gasteiger partial charge in [-0.1, -0.05) is 12.8 Å². The zero-order valence-electron chi connectivity index (χ0n) is 10.1. The topological polar surface area (TPSA) is 16.1 Å². The van der Waals surface area contributed by atoms with Gasteiger partial charge in [0.1, 0.15) is 5.82 Å². The lowest BCUT2D eigenvalue weighted by Crippen LogP contribution is -2.47. The van der Waals surface area contributed by atoms with Crippen LogP contribution in [-0.2, 0) is 0 Å². The molecule has 0 spiro atoms. The van der Waals surface area contributed by atoms with Crippen molar-refractivity contribution in [2.45, 2.75) is 44.6 Å². The van der Waals surface area contributed by atoms with E-state index in [2.05, 4.69) is 31.9 Å². The summed E-state index contributed by atoms with van der Waals surface area (Å²) in [6.07, 6.45) is 10.3. The zero-order chi connectivity index (χ0) is 11.7. The SMILES string of the molecule is Brc1cccnc1N1CCC[C@H]2CCCC[C@H]21. The fourth-order valence-electron chi connectivity index (χ4n) is 3.48. The Morgan fingerprint density at radius 1 is 1.18 bits per heavy atom. The van der Waals surface area contributed by atoms with Crippen molar-refractivity contribution >= 4 is 21.7 Å². The lowest BCUT2D eigenvalue weighted by Gasteiger charge is -2.45. The average molecular weight is 295 g/mol. The van der Waals surface area contributed by atoms with Gasteiger partial charge in [0, 0.05) is 18.8 Å². The largest absolute Gasteiger partial charge is 0.352 e. The summed E-state index contributed by atoms with van der Waals surface area (Å²) in [7, 11) is 0. The molecule has 17 heavy (non-hydrogen) atoms. The van der Waals surface area contributed by atoms with Crippen LogP contribution in [0.15, 0.2) is 22.8 Å². The average Bonchev–Trinajstić information content (AvgIpc) is 2.39. The Morgan fingerprint density at radius 3 is 2.88 bits per heavy atom. The van der Waals surface area contributed by atoms with Gasteiger partial charge in [-0.3, -0.25) is 0 Å². The Bertz CT molecular complexity index is 392. The van der Waals surface area contributed by atoms with E-state index in [1.807, 2.05) is 12.3 Å². The van der Waals surface area contributed by atoms with Crippen LogP contribution >= 0.6 is 15.9 Å². The Balaban J connectivity index is 1.88. The molecule has 0 amide bonds. The van der Waals surface area contributed by atoms with Crippen LogP contribution in [0, 0.1) is 5.92 Å². The molecule has 0 aromatic carbocycles. The molecule has 0 N–H and O–H groups in total. The van der Waals surface area contributed by atoms with Crippen LogP contribution in [0.4, 0.5) is 5.82 Å². The fraction of sp³-hybridized carbons (Fsp3) is 0.643. The number of aromatic nitrogens is 1. The smallest absolute Gasteiger partial charge is 0.143 e. The summed E-state index contributed by atoms with van der Waals surface area (Å²) in [6, 6.07) is 4.84. The second kappa shape index (κ2) is 4.97.